The molecule has 0 radical (unpaired) electrons. The van der Waals surface area contributed by atoms with E-state index >= 15 is 0 Å². The van der Waals surface area contributed by atoms with E-state index in [2.05, 4.69) is 38.0 Å². The van der Waals surface area contributed by atoms with Gasteiger partial charge in [0.05, 0.1) is 0 Å². The molecule has 0 saturated carbocycles. The standard InChI is InChI=1S/C20H24N6O/c1-3-4-17-13-19(26-14-21-23-20(26)22-17)25-11-9-24(10-12-25)18-7-5-16(6-8-18)15(2)27/h5-8,13-14H,3-4,9-12H2,1-2H3. The number of hydrogen-bond donors (Lipinski definition) is 0. The Bertz CT molecular complexity index is 941. The molecule has 140 valence electrons. The van der Waals surface area contributed by atoms with Crippen LogP contribution in [0.5, 0.6) is 0 Å². The average molecular weight is 364 g/mol. The van der Waals surface area contributed by atoms with Gasteiger partial charge in [-0.3, -0.25) is 9.20 Å². The lowest BCUT2D eigenvalue weighted by Crippen LogP contribution is -2.47. The number of fused-ring (bicyclic) bond motifs is 1. The Morgan fingerprint density at radius 2 is 1.78 bits per heavy atom. The van der Waals surface area contributed by atoms with Crippen LogP contribution in [0.4, 0.5) is 11.5 Å². The van der Waals surface area contributed by atoms with Crippen LogP contribution in [-0.4, -0.2) is 51.5 Å². The van der Waals surface area contributed by atoms with E-state index in [9.17, 15) is 4.79 Å². The van der Waals surface area contributed by atoms with Gasteiger partial charge in [0, 0.05) is 49.2 Å². The molecule has 27 heavy (non-hydrogen) atoms. The van der Waals surface area contributed by atoms with Crippen LogP contribution in [0, 0.1) is 0 Å². The van der Waals surface area contributed by atoms with Crippen molar-refractivity contribution in [2.24, 2.45) is 0 Å². The summed E-state index contributed by atoms with van der Waals surface area (Å²) in [5, 5.41) is 8.17. The molecule has 3 heterocycles. The highest BCUT2D eigenvalue weighted by Gasteiger charge is 2.20. The molecule has 0 unspecified atom stereocenters. The number of aromatic nitrogens is 4. The second-order valence-electron chi connectivity index (χ2n) is 6.93. The van der Waals surface area contributed by atoms with Gasteiger partial charge >= 0.3 is 0 Å². The van der Waals surface area contributed by atoms with Crippen molar-refractivity contribution in [1.29, 1.82) is 0 Å². The third-order valence-corrected chi connectivity index (χ3v) is 5.06. The van der Waals surface area contributed by atoms with Crippen molar-refractivity contribution >= 4 is 23.1 Å². The maximum atomic E-state index is 11.5. The van der Waals surface area contributed by atoms with Crippen LogP contribution in [0.1, 0.15) is 36.3 Å². The van der Waals surface area contributed by atoms with Crippen molar-refractivity contribution < 1.29 is 4.79 Å². The van der Waals surface area contributed by atoms with Gasteiger partial charge in [-0.05, 0) is 37.6 Å². The van der Waals surface area contributed by atoms with Gasteiger partial charge in [0.2, 0.25) is 0 Å². The number of benzene rings is 1. The molecule has 1 fully saturated rings. The first-order valence-electron chi connectivity index (χ1n) is 9.46. The number of piperazine rings is 1. The second-order valence-corrected chi connectivity index (χ2v) is 6.93. The SMILES string of the molecule is CCCc1cc(N2CCN(c3ccc(C(C)=O)cc3)CC2)n2cnnc2n1. The fourth-order valence-corrected chi connectivity index (χ4v) is 3.57. The van der Waals surface area contributed by atoms with Crippen molar-refractivity contribution in [3.8, 4) is 0 Å². The van der Waals surface area contributed by atoms with E-state index in [1.165, 1.54) is 0 Å². The van der Waals surface area contributed by atoms with Gasteiger partial charge in [-0.15, -0.1) is 10.2 Å². The summed E-state index contributed by atoms with van der Waals surface area (Å²) < 4.78 is 1.97. The topological polar surface area (TPSA) is 66.6 Å². The minimum atomic E-state index is 0.102. The van der Waals surface area contributed by atoms with Gasteiger partial charge in [0.25, 0.3) is 5.78 Å². The average Bonchev–Trinajstić information content (AvgIpc) is 3.16. The largest absolute Gasteiger partial charge is 0.368 e. The molecule has 0 spiro atoms. The number of anilines is 2. The molecule has 0 N–H and O–H groups in total. The zero-order valence-corrected chi connectivity index (χ0v) is 15.8. The number of nitrogens with zero attached hydrogens (tertiary/aromatic N) is 6. The predicted octanol–water partition coefficient (Wildman–Crippen LogP) is 2.61. The van der Waals surface area contributed by atoms with E-state index in [-0.39, 0.29) is 5.78 Å². The number of ketones is 1. The molecule has 7 nitrogen and oxygen atoms in total. The van der Waals surface area contributed by atoms with E-state index < -0.39 is 0 Å². The molecule has 4 rings (SSSR count). The Balaban J connectivity index is 1.51. The highest BCUT2D eigenvalue weighted by atomic mass is 16.1. The normalized spacial score (nSPS) is 14.7. The Morgan fingerprint density at radius 1 is 1.07 bits per heavy atom. The molecular formula is C20H24N6O. The molecule has 1 aromatic carbocycles. The molecule has 3 aromatic rings. The van der Waals surface area contributed by atoms with Gasteiger partial charge in [-0.1, -0.05) is 13.3 Å². The first-order valence-corrected chi connectivity index (χ1v) is 9.46. The van der Waals surface area contributed by atoms with E-state index in [1.807, 2.05) is 28.7 Å². The highest BCUT2D eigenvalue weighted by molar-refractivity contribution is 5.94. The van der Waals surface area contributed by atoms with Crippen LogP contribution in [0.2, 0.25) is 0 Å². The number of aryl methyl sites for hydroxylation is 1. The van der Waals surface area contributed by atoms with E-state index in [0.29, 0.717) is 5.78 Å². The van der Waals surface area contributed by atoms with Crippen molar-refractivity contribution in [2.45, 2.75) is 26.7 Å². The van der Waals surface area contributed by atoms with Crippen molar-refractivity contribution in [2.75, 3.05) is 36.0 Å². The van der Waals surface area contributed by atoms with Gasteiger partial charge in [-0.25, -0.2) is 4.98 Å². The first-order chi connectivity index (χ1) is 13.2. The van der Waals surface area contributed by atoms with Crippen LogP contribution in [0.25, 0.3) is 5.78 Å². The summed E-state index contributed by atoms with van der Waals surface area (Å²) in [6.45, 7) is 7.43. The fourth-order valence-electron chi connectivity index (χ4n) is 3.57. The molecular weight excluding hydrogens is 340 g/mol. The van der Waals surface area contributed by atoms with Gasteiger partial charge in [-0.2, -0.15) is 0 Å². The fraction of sp³-hybridized carbons (Fsp3) is 0.400. The summed E-state index contributed by atoms with van der Waals surface area (Å²) in [5.74, 6) is 1.88. The molecule has 0 aliphatic carbocycles. The maximum absolute atomic E-state index is 11.5. The molecule has 1 saturated heterocycles. The van der Waals surface area contributed by atoms with Crippen molar-refractivity contribution in [3.05, 3.63) is 47.9 Å². The summed E-state index contributed by atoms with van der Waals surface area (Å²) in [6, 6.07) is 10.1. The van der Waals surface area contributed by atoms with Crippen LogP contribution >= 0.6 is 0 Å². The molecule has 2 aromatic heterocycles. The van der Waals surface area contributed by atoms with Crippen LogP contribution in [0.3, 0.4) is 0 Å². The summed E-state index contributed by atoms with van der Waals surface area (Å²) in [4.78, 5) is 20.8. The van der Waals surface area contributed by atoms with Crippen molar-refractivity contribution in [1.82, 2.24) is 19.6 Å². The minimum absolute atomic E-state index is 0.102. The lowest BCUT2D eigenvalue weighted by Gasteiger charge is -2.37. The summed E-state index contributed by atoms with van der Waals surface area (Å²) in [6.07, 6.45) is 3.74. The van der Waals surface area contributed by atoms with Crippen molar-refractivity contribution in [3.63, 3.8) is 0 Å². The lowest BCUT2D eigenvalue weighted by atomic mass is 10.1. The number of rotatable bonds is 5. The molecule has 7 heteroatoms. The molecule has 1 aliphatic rings. The Hall–Kier alpha value is -2.96. The molecule has 0 bridgehead atoms. The molecule has 0 atom stereocenters. The highest BCUT2D eigenvalue weighted by Crippen LogP contribution is 2.22. The zero-order chi connectivity index (χ0) is 18.8. The Labute approximate surface area is 158 Å². The number of hydrogen-bond acceptors (Lipinski definition) is 6. The number of Topliss-reactive ketones (excluding diaryl/α,β-unsaturated/α-hetero) is 1. The van der Waals surface area contributed by atoms with Crippen LogP contribution < -0.4 is 9.80 Å². The predicted molar refractivity (Wildman–Crippen MR) is 106 cm³/mol. The third-order valence-electron chi connectivity index (χ3n) is 5.06. The molecule has 0 amide bonds. The van der Waals surface area contributed by atoms with Gasteiger partial charge in [0.15, 0.2) is 5.78 Å². The summed E-state index contributed by atoms with van der Waals surface area (Å²) in [5.41, 5.74) is 2.98. The summed E-state index contributed by atoms with van der Waals surface area (Å²) >= 11 is 0. The molecule has 1 aliphatic heterocycles. The Morgan fingerprint density at radius 3 is 2.44 bits per heavy atom. The monoisotopic (exact) mass is 364 g/mol. The van der Waals surface area contributed by atoms with E-state index in [0.717, 1.165) is 61.8 Å². The van der Waals surface area contributed by atoms with Crippen LogP contribution in [0.15, 0.2) is 36.7 Å². The minimum Gasteiger partial charge on any atom is -0.368 e. The number of carbonyl (C=O) groups excluding carboxylic acids is 1. The van der Waals surface area contributed by atoms with Gasteiger partial charge < -0.3 is 9.80 Å². The maximum Gasteiger partial charge on any atom is 0.256 e. The third kappa shape index (κ3) is 3.49. The van der Waals surface area contributed by atoms with E-state index in [4.69, 9.17) is 0 Å². The van der Waals surface area contributed by atoms with E-state index in [1.54, 1.807) is 13.3 Å². The second kappa shape index (κ2) is 7.34. The summed E-state index contributed by atoms with van der Waals surface area (Å²) in [7, 11) is 0. The van der Waals surface area contributed by atoms with Gasteiger partial charge in [0.1, 0.15) is 12.1 Å². The lowest BCUT2D eigenvalue weighted by molar-refractivity contribution is 0.101. The quantitative estimate of drug-likeness (QED) is 0.649. The number of carbonyl (C=O) groups is 1. The smallest absolute Gasteiger partial charge is 0.256 e. The Kier molecular flexibility index (Phi) is 4.75. The zero-order valence-electron chi connectivity index (χ0n) is 15.8. The first kappa shape index (κ1) is 17.5. The van der Waals surface area contributed by atoms with Crippen LogP contribution in [-0.2, 0) is 6.42 Å².